The number of benzene rings is 2. The first kappa shape index (κ1) is 22.9. The third-order valence-electron chi connectivity index (χ3n) is 4.93. The van der Waals surface area contributed by atoms with E-state index in [1.165, 1.54) is 12.1 Å². The number of carbonyl (C=O) groups is 1. The second-order valence-corrected chi connectivity index (χ2v) is 7.86. The Labute approximate surface area is 186 Å². The number of nitrogens with zero attached hydrogens (tertiary/aromatic N) is 1. The van der Waals surface area contributed by atoms with Gasteiger partial charge in [-0.1, -0.05) is 6.07 Å². The lowest BCUT2D eigenvalue weighted by molar-refractivity contribution is -0.139. The number of hydrogen-bond donors (Lipinski definition) is 0. The highest BCUT2D eigenvalue weighted by molar-refractivity contribution is 6.02. The Hall–Kier alpha value is -3.30. The fourth-order valence-electron chi connectivity index (χ4n) is 3.37. The Morgan fingerprint density at radius 1 is 1.09 bits per heavy atom. The van der Waals surface area contributed by atoms with Gasteiger partial charge in [0, 0.05) is 5.56 Å². The van der Waals surface area contributed by atoms with Gasteiger partial charge in [-0.2, -0.15) is 13.2 Å². The number of hydrogen-bond acceptors (Lipinski definition) is 5. The van der Waals surface area contributed by atoms with E-state index in [0.29, 0.717) is 24.1 Å². The van der Waals surface area contributed by atoms with Gasteiger partial charge in [0.25, 0.3) is 5.78 Å². The predicted molar refractivity (Wildman–Crippen MR) is 110 cm³/mol. The van der Waals surface area contributed by atoms with Gasteiger partial charge in [-0.3, -0.25) is 4.79 Å². The van der Waals surface area contributed by atoms with E-state index >= 15 is 0 Å². The number of ketones is 1. The molecule has 1 atom stereocenters. The first-order chi connectivity index (χ1) is 15.5. The van der Waals surface area contributed by atoms with E-state index in [2.05, 4.69) is 4.98 Å². The standard InChI is InChI=1S/C24H19F4NO4/c1-23(2)31-13-21(33-23)19-5-3-4-18(29-19)14-6-9-16(10-7-14)32-20-11-8-15(25)12-17(20)22(30)24(26,27)28/h3-12,21H,13H2,1-2H3. The molecule has 2 heterocycles. The molecule has 3 aromatic rings. The molecule has 1 aliphatic heterocycles. The van der Waals surface area contributed by atoms with Gasteiger partial charge in [-0.15, -0.1) is 0 Å². The molecule has 0 saturated carbocycles. The van der Waals surface area contributed by atoms with Crippen molar-refractivity contribution in [1.29, 1.82) is 0 Å². The average Bonchev–Trinajstić information content (AvgIpc) is 3.14. The lowest BCUT2D eigenvalue weighted by Gasteiger charge is -2.17. The first-order valence-corrected chi connectivity index (χ1v) is 10.00. The molecular weight excluding hydrogens is 442 g/mol. The van der Waals surface area contributed by atoms with E-state index in [4.69, 9.17) is 14.2 Å². The Morgan fingerprint density at radius 3 is 2.45 bits per heavy atom. The fraction of sp³-hybridized carbons (Fsp3) is 0.250. The Bertz CT molecular complexity index is 1180. The molecule has 172 valence electrons. The van der Waals surface area contributed by atoms with Gasteiger partial charge in [0.05, 0.1) is 23.6 Å². The largest absolute Gasteiger partial charge is 0.457 e. The van der Waals surface area contributed by atoms with Crippen molar-refractivity contribution in [2.45, 2.75) is 31.9 Å². The summed E-state index contributed by atoms with van der Waals surface area (Å²) < 4.78 is 68.9. The van der Waals surface area contributed by atoms with Crippen LogP contribution in [0.2, 0.25) is 0 Å². The van der Waals surface area contributed by atoms with Crippen molar-refractivity contribution in [2.75, 3.05) is 6.61 Å². The summed E-state index contributed by atoms with van der Waals surface area (Å²) in [6, 6.07) is 14.3. The van der Waals surface area contributed by atoms with Crippen molar-refractivity contribution >= 4 is 5.78 Å². The van der Waals surface area contributed by atoms with Gasteiger partial charge in [0.1, 0.15) is 23.4 Å². The van der Waals surface area contributed by atoms with E-state index < -0.39 is 34.9 Å². The average molecular weight is 461 g/mol. The van der Waals surface area contributed by atoms with Crippen LogP contribution in [-0.2, 0) is 9.47 Å². The number of halogens is 4. The maximum absolute atomic E-state index is 13.5. The van der Waals surface area contributed by atoms with Gasteiger partial charge in [-0.25, -0.2) is 9.37 Å². The van der Waals surface area contributed by atoms with E-state index in [9.17, 15) is 22.4 Å². The Balaban J connectivity index is 1.55. The maximum atomic E-state index is 13.5. The van der Waals surface area contributed by atoms with Gasteiger partial charge in [-0.05, 0) is 68.4 Å². The molecule has 1 aliphatic rings. The summed E-state index contributed by atoms with van der Waals surface area (Å²) in [5.41, 5.74) is 1.19. The molecule has 33 heavy (non-hydrogen) atoms. The third-order valence-corrected chi connectivity index (χ3v) is 4.93. The van der Waals surface area contributed by atoms with Crippen molar-refractivity contribution in [2.24, 2.45) is 0 Å². The smallest absolute Gasteiger partial charge is 0.455 e. The molecule has 5 nitrogen and oxygen atoms in total. The highest BCUT2D eigenvalue weighted by Crippen LogP contribution is 2.34. The summed E-state index contributed by atoms with van der Waals surface area (Å²) in [4.78, 5) is 16.3. The highest BCUT2D eigenvalue weighted by Gasteiger charge is 2.41. The molecule has 1 fully saturated rings. The second kappa shape index (κ2) is 8.57. The zero-order valence-electron chi connectivity index (χ0n) is 17.7. The molecule has 4 rings (SSSR count). The monoisotopic (exact) mass is 461 g/mol. The molecular formula is C24H19F4NO4. The number of Topliss-reactive ketones (excluding diaryl/α,β-unsaturated/α-hetero) is 1. The number of ether oxygens (including phenoxy) is 3. The summed E-state index contributed by atoms with van der Waals surface area (Å²) in [7, 11) is 0. The van der Waals surface area contributed by atoms with Crippen LogP contribution < -0.4 is 4.74 Å². The van der Waals surface area contributed by atoms with E-state index in [1.807, 2.05) is 26.0 Å². The summed E-state index contributed by atoms with van der Waals surface area (Å²) in [6.07, 6.45) is -5.46. The van der Waals surface area contributed by atoms with Crippen LogP contribution >= 0.6 is 0 Å². The van der Waals surface area contributed by atoms with E-state index in [0.717, 1.165) is 17.7 Å². The van der Waals surface area contributed by atoms with Crippen molar-refractivity contribution in [3.8, 4) is 22.8 Å². The molecule has 9 heteroatoms. The Morgan fingerprint density at radius 2 is 1.82 bits per heavy atom. The maximum Gasteiger partial charge on any atom is 0.455 e. The predicted octanol–water partition coefficient (Wildman–Crippen LogP) is 6.25. The molecule has 0 N–H and O–H groups in total. The molecule has 0 aliphatic carbocycles. The molecule has 0 amide bonds. The minimum Gasteiger partial charge on any atom is -0.457 e. The van der Waals surface area contributed by atoms with Crippen LogP contribution in [-0.4, -0.2) is 29.3 Å². The van der Waals surface area contributed by atoms with Crippen LogP contribution in [0.3, 0.4) is 0 Å². The topological polar surface area (TPSA) is 57.7 Å². The highest BCUT2D eigenvalue weighted by atomic mass is 19.4. The van der Waals surface area contributed by atoms with Crippen molar-refractivity contribution in [3.05, 3.63) is 77.7 Å². The summed E-state index contributed by atoms with van der Waals surface area (Å²) >= 11 is 0. The van der Waals surface area contributed by atoms with Crippen LogP contribution in [0.5, 0.6) is 11.5 Å². The number of pyridine rings is 1. The molecule has 1 unspecified atom stereocenters. The molecule has 0 radical (unpaired) electrons. The fourth-order valence-corrected chi connectivity index (χ4v) is 3.37. The van der Waals surface area contributed by atoms with Gasteiger partial charge >= 0.3 is 6.18 Å². The molecule has 1 aromatic heterocycles. The molecule has 2 aromatic carbocycles. The van der Waals surface area contributed by atoms with Crippen molar-refractivity contribution in [1.82, 2.24) is 4.98 Å². The summed E-state index contributed by atoms with van der Waals surface area (Å²) in [5, 5.41) is 0. The minimum absolute atomic E-state index is 0.173. The quantitative estimate of drug-likeness (QED) is 0.332. The summed E-state index contributed by atoms with van der Waals surface area (Å²) in [5.74, 6) is -4.07. The molecule has 0 spiro atoms. The number of alkyl halides is 3. The lowest BCUT2D eigenvalue weighted by Crippen LogP contribution is -2.23. The third kappa shape index (κ3) is 5.20. The molecule has 0 bridgehead atoms. The Kier molecular flexibility index (Phi) is 5.94. The van der Waals surface area contributed by atoms with Crippen LogP contribution in [0, 0.1) is 5.82 Å². The van der Waals surface area contributed by atoms with Crippen LogP contribution in [0.4, 0.5) is 17.6 Å². The van der Waals surface area contributed by atoms with Gasteiger partial charge in [0.2, 0.25) is 0 Å². The van der Waals surface area contributed by atoms with E-state index in [-0.39, 0.29) is 11.9 Å². The normalized spacial score (nSPS) is 17.7. The number of aromatic nitrogens is 1. The molecule has 1 saturated heterocycles. The SMILES string of the molecule is CC1(C)OCC(c2cccc(-c3ccc(Oc4ccc(F)cc4C(=O)C(F)(F)F)cc3)n2)O1. The van der Waals surface area contributed by atoms with Crippen LogP contribution in [0.1, 0.15) is 36.0 Å². The van der Waals surface area contributed by atoms with Crippen LogP contribution in [0.25, 0.3) is 11.3 Å². The van der Waals surface area contributed by atoms with Gasteiger partial charge < -0.3 is 14.2 Å². The summed E-state index contributed by atoms with van der Waals surface area (Å²) in [6.45, 7) is 4.03. The zero-order valence-corrected chi connectivity index (χ0v) is 17.7. The number of carbonyl (C=O) groups excluding carboxylic acids is 1. The zero-order chi connectivity index (χ0) is 23.8. The van der Waals surface area contributed by atoms with Gasteiger partial charge in [0.15, 0.2) is 5.79 Å². The van der Waals surface area contributed by atoms with Crippen molar-refractivity contribution < 1.29 is 36.6 Å². The first-order valence-electron chi connectivity index (χ1n) is 10.00. The lowest BCUT2D eigenvalue weighted by atomic mass is 10.1. The van der Waals surface area contributed by atoms with Crippen molar-refractivity contribution in [3.63, 3.8) is 0 Å². The minimum atomic E-state index is -5.16. The second-order valence-electron chi connectivity index (χ2n) is 7.86. The van der Waals surface area contributed by atoms with E-state index in [1.54, 1.807) is 18.2 Å². The van der Waals surface area contributed by atoms with Crippen LogP contribution in [0.15, 0.2) is 60.7 Å². The number of rotatable bonds is 5.